The summed E-state index contributed by atoms with van der Waals surface area (Å²) in [5.74, 6) is 4.92. The Morgan fingerprint density at radius 1 is 1.28 bits per heavy atom. The molecule has 8 heteroatoms. The van der Waals surface area contributed by atoms with Crippen LogP contribution < -0.4 is 10.6 Å². The van der Waals surface area contributed by atoms with Crippen molar-refractivity contribution in [3.05, 3.63) is 41.9 Å². The van der Waals surface area contributed by atoms with Crippen LogP contribution in [0.4, 0.5) is 0 Å². The zero-order valence-electron chi connectivity index (χ0n) is 15.1. The van der Waals surface area contributed by atoms with Gasteiger partial charge in [-0.15, -0.1) is 0 Å². The zero-order valence-corrected chi connectivity index (χ0v) is 16.8. The highest BCUT2D eigenvalue weighted by molar-refractivity contribution is 7.98. The molecule has 2 heterocycles. The number of hydrogen-bond acceptors (Lipinski definition) is 5. The number of nitrogens with one attached hydrogen (secondary N) is 2. The molecule has 0 aliphatic heterocycles. The Kier molecular flexibility index (Phi) is 8.30. The summed E-state index contributed by atoms with van der Waals surface area (Å²) in [5.41, 5.74) is 0. The highest BCUT2D eigenvalue weighted by Crippen LogP contribution is 2.15. The molecule has 0 spiro atoms. The van der Waals surface area contributed by atoms with Crippen molar-refractivity contribution in [1.29, 1.82) is 0 Å². The van der Waals surface area contributed by atoms with E-state index in [1.54, 1.807) is 0 Å². The molecule has 0 radical (unpaired) electrons. The zero-order chi connectivity index (χ0) is 18.1. The van der Waals surface area contributed by atoms with Gasteiger partial charge in [-0.3, -0.25) is 0 Å². The molecule has 0 aliphatic carbocycles. The standard InChI is InChI=1S/C17H27N5OS2/c1-14-18-6-9-22(14)10-7-19-17(24)20-8-11-25-13-16-5-4-15(23-16)12-21(2)3/h4-6,9H,7-8,10-13H2,1-3H3,(H2,19,20,24). The van der Waals surface area contributed by atoms with Gasteiger partial charge in [0.05, 0.1) is 12.3 Å². The quantitative estimate of drug-likeness (QED) is 0.483. The van der Waals surface area contributed by atoms with E-state index in [2.05, 4.69) is 37.2 Å². The first kappa shape index (κ1) is 19.8. The van der Waals surface area contributed by atoms with Crippen LogP contribution in [0, 0.1) is 6.92 Å². The van der Waals surface area contributed by atoms with Crippen molar-refractivity contribution in [2.45, 2.75) is 25.8 Å². The first-order chi connectivity index (χ1) is 12.0. The molecule has 0 atom stereocenters. The van der Waals surface area contributed by atoms with Gasteiger partial charge < -0.3 is 24.5 Å². The molecule has 2 aromatic rings. The monoisotopic (exact) mass is 381 g/mol. The highest BCUT2D eigenvalue weighted by atomic mass is 32.2. The first-order valence-corrected chi connectivity index (χ1v) is 9.90. The van der Waals surface area contributed by atoms with E-state index in [0.717, 1.165) is 55.0 Å². The number of aromatic nitrogens is 2. The van der Waals surface area contributed by atoms with Crippen LogP contribution in [0.5, 0.6) is 0 Å². The predicted octanol–water partition coefficient (Wildman–Crippen LogP) is 2.24. The molecular weight excluding hydrogens is 354 g/mol. The van der Waals surface area contributed by atoms with Crippen LogP contribution in [0.1, 0.15) is 17.3 Å². The number of nitrogens with zero attached hydrogens (tertiary/aromatic N) is 3. The minimum Gasteiger partial charge on any atom is -0.464 e. The van der Waals surface area contributed by atoms with E-state index >= 15 is 0 Å². The fraction of sp³-hybridized carbons (Fsp3) is 0.529. The van der Waals surface area contributed by atoms with Crippen molar-refractivity contribution in [3.8, 4) is 0 Å². The fourth-order valence-electron chi connectivity index (χ4n) is 2.30. The molecule has 0 aliphatic rings. The Morgan fingerprint density at radius 3 is 2.76 bits per heavy atom. The summed E-state index contributed by atoms with van der Waals surface area (Å²) >= 11 is 7.12. The van der Waals surface area contributed by atoms with Crippen LogP contribution in [0.15, 0.2) is 28.9 Å². The summed E-state index contributed by atoms with van der Waals surface area (Å²) < 4.78 is 7.89. The highest BCUT2D eigenvalue weighted by Gasteiger charge is 2.03. The minimum absolute atomic E-state index is 0.699. The summed E-state index contributed by atoms with van der Waals surface area (Å²) in [4.78, 5) is 6.30. The molecule has 0 bridgehead atoms. The Hall–Kier alpha value is -1.51. The number of rotatable bonds is 10. The smallest absolute Gasteiger partial charge is 0.166 e. The Balaban J connectivity index is 1.51. The SMILES string of the molecule is Cc1nccn1CCNC(=S)NCCSCc1ccc(CN(C)C)o1. The van der Waals surface area contributed by atoms with Gasteiger partial charge in [-0.25, -0.2) is 4.98 Å². The summed E-state index contributed by atoms with van der Waals surface area (Å²) in [7, 11) is 4.08. The van der Waals surface area contributed by atoms with Gasteiger partial charge in [0.25, 0.3) is 0 Å². The normalized spacial score (nSPS) is 11.0. The second-order valence-corrected chi connectivity index (χ2v) is 7.52. The second kappa shape index (κ2) is 10.5. The summed E-state index contributed by atoms with van der Waals surface area (Å²) in [5, 5.41) is 7.15. The summed E-state index contributed by atoms with van der Waals surface area (Å²) in [6, 6.07) is 4.11. The predicted molar refractivity (Wildman–Crippen MR) is 108 cm³/mol. The molecule has 0 aromatic carbocycles. The molecule has 2 N–H and O–H groups in total. The van der Waals surface area contributed by atoms with Crippen LogP contribution in [-0.4, -0.2) is 52.5 Å². The van der Waals surface area contributed by atoms with Crippen molar-refractivity contribution >= 4 is 29.1 Å². The third-order valence-electron chi connectivity index (χ3n) is 3.53. The number of hydrogen-bond donors (Lipinski definition) is 2. The van der Waals surface area contributed by atoms with Crippen molar-refractivity contribution < 1.29 is 4.42 Å². The van der Waals surface area contributed by atoms with Gasteiger partial charge in [0.1, 0.15) is 17.3 Å². The average molecular weight is 382 g/mol. The molecule has 0 saturated heterocycles. The lowest BCUT2D eigenvalue weighted by molar-refractivity contribution is 0.344. The maximum Gasteiger partial charge on any atom is 0.166 e. The number of aryl methyl sites for hydroxylation is 1. The van der Waals surface area contributed by atoms with Crippen LogP contribution >= 0.6 is 24.0 Å². The largest absolute Gasteiger partial charge is 0.464 e. The third-order valence-corrected chi connectivity index (χ3v) is 4.80. The minimum atomic E-state index is 0.699. The molecule has 0 fully saturated rings. The maximum absolute atomic E-state index is 5.79. The van der Waals surface area contributed by atoms with Gasteiger partial charge >= 0.3 is 0 Å². The van der Waals surface area contributed by atoms with E-state index in [1.165, 1.54) is 0 Å². The Bertz CT molecular complexity index is 653. The molecule has 0 unspecified atom stereocenters. The molecule has 0 saturated carbocycles. The van der Waals surface area contributed by atoms with Crippen molar-refractivity contribution in [1.82, 2.24) is 25.1 Å². The van der Waals surface area contributed by atoms with E-state index in [0.29, 0.717) is 5.11 Å². The first-order valence-electron chi connectivity index (χ1n) is 8.34. The molecule has 138 valence electrons. The van der Waals surface area contributed by atoms with Gasteiger partial charge in [0.2, 0.25) is 0 Å². The third kappa shape index (κ3) is 7.50. The average Bonchev–Trinajstić information content (AvgIpc) is 3.16. The van der Waals surface area contributed by atoms with Crippen LogP contribution in [0.25, 0.3) is 0 Å². The van der Waals surface area contributed by atoms with Crippen molar-refractivity contribution in [2.75, 3.05) is 32.9 Å². The molecule has 2 rings (SSSR count). The van der Waals surface area contributed by atoms with Gasteiger partial charge in [-0.05, 0) is 45.4 Å². The Morgan fingerprint density at radius 2 is 2.04 bits per heavy atom. The van der Waals surface area contributed by atoms with Crippen LogP contribution in [0.3, 0.4) is 0 Å². The van der Waals surface area contributed by atoms with E-state index in [9.17, 15) is 0 Å². The lowest BCUT2D eigenvalue weighted by Gasteiger charge is -2.11. The van der Waals surface area contributed by atoms with Gasteiger partial charge in [0.15, 0.2) is 5.11 Å². The molecule has 25 heavy (non-hydrogen) atoms. The van der Waals surface area contributed by atoms with E-state index in [-0.39, 0.29) is 0 Å². The fourth-order valence-corrected chi connectivity index (χ4v) is 3.25. The lowest BCUT2D eigenvalue weighted by atomic mass is 10.4. The van der Waals surface area contributed by atoms with E-state index in [4.69, 9.17) is 16.6 Å². The summed E-state index contributed by atoms with van der Waals surface area (Å²) in [6.07, 6.45) is 3.79. The van der Waals surface area contributed by atoms with E-state index in [1.807, 2.05) is 45.2 Å². The number of thiocarbonyl (C=S) groups is 1. The topological polar surface area (TPSA) is 58.3 Å². The molecule has 2 aromatic heterocycles. The molecule has 6 nitrogen and oxygen atoms in total. The lowest BCUT2D eigenvalue weighted by Crippen LogP contribution is -2.38. The van der Waals surface area contributed by atoms with Gasteiger partial charge in [0, 0.05) is 37.8 Å². The number of imidazole rings is 1. The summed E-state index contributed by atoms with van der Waals surface area (Å²) in [6.45, 7) is 5.32. The molecule has 0 amide bonds. The van der Waals surface area contributed by atoms with Gasteiger partial charge in [-0.1, -0.05) is 0 Å². The number of furan rings is 1. The van der Waals surface area contributed by atoms with Gasteiger partial charge in [-0.2, -0.15) is 11.8 Å². The molecular formula is C17H27N5OS2. The van der Waals surface area contributed by atoms with Crippen molar-refractivity contribution in [2.24, 2.45) is 0 Å². The van der Waals surface area contributed by atoms with Crippen LogP contribution in [-0.2, 0) is 18.8 Å². The Labute approximate surface area is 159 Å². The van der Waals surface area contributed by atoms with Crippen LogP contribution in [0.2, 0.25) is 0 Å². The van der Waals surface area contributed by atoms with E-state index < -0.39 is 0 Å². The second-order valence-electron chi connectivity index (χ2n) is 6.01. The van der Waals surface area contributed by atoms with Crippen molar-refractivity contribution in [3.63, 3.8) is 0 Å². The number of thioether (sulfide) groups is 1. The maximum atomic E-state index is 5.79.